The maximum atomic E-state index is 12.0. The zero-order valence-electron chi connectivity index (χ0n) is 17.2. The summed E-state index contributed by atoms with van der Waals surface area (Å²) < 4.78 is 27.2. The van der Waals surface area contributed by atoms with Gasteiger partial charge in [-0.05, 0) is 10.8 Å². The number of carbonyl (C=O) groups is 3. The van der Waals surface area contributed by atoms with E-state index in [1.54, 1.807) is 24.3 Å². The summed E-state index contributed by atoms with van der Waals surface area (Å²) >= 11 is 0. The SMILES string of the molecule is CC(=O)OCc1c(C(O)P(=O)(O)O)c(COC(C)=O)c2ccccc2c1COC(C)=O. The van der Waals surface area contributed by atoms with Gasteiger partial charge in [0.15, 0.2) is 5.85 Å². The first-order valence-corrected chi connectivity index (χ1v) is 10.8. The van der Waals surface area contributed by atoms with Gasteiger partial charge in [-0.3, -0.25) is 18.9 Å². The van der Waals surface area contributed by atoms with Crippen LogP contribution < -0.4 is 0 Å². The van der Waals surface area contributed by atoms with Crippen LogP contribution in [0.3, 0.4) is 0 Å². The molecule has 0 heterocycles. The Morgan fingerprint density at radius 3 is 1.61 bits per heavy atom. The molecule has 1 unspecified atom stereocenters. The number of aliphatic hydroxyl groups is 1. The average molecular weight is 454 g/mol. The number of ether oxygens (including phenoxy) is 3. The average Bonchev–Trinajstić information content (AvgIpc) is 2.67. The summed E-state index contributed by atoms with van der Waals surface area (Å²) in [5, 5.41) is 11.5. The molecular formula is C20H23O10P. The molecule has 0 spiro atoms. The molecule has 31 heavy (non-hydrogen) atoms. The smallest absolute Gasteiger partial charge is 0.358 e. The van der Waals surface area contributed by atoms with E-state index in [4.69, 9.17) is 14.2 Å². The lowest BCUT2D eigenvalue weighted by Gasteiger charge is -2.25. The molecule has 0 aliphatic heterocycles. The third kappa shape index (κ3) is 6.11. The molecule has 3 N–H and O–H groups in total. The van der Waals surface area contributed by atoms with Gasteiger partial charge >= 0.3 is 25.5 Å². The Balaban J connectivity index is 2.93. The minimum atomic E-state index is -5.10. The lowest BCUT2D eigenvalue weighted by Crippen LogP contribution is -2.16. The Morgan fingerprint density at radius 2 is 1.19 bits per heavy atom. The van der Waals surface area contributed by atoms with Crippen molar-refractivity contribution in [3.63, 3.8) is 0 Å². The van der Waals surface area contributed by atoms with Crippen molar-refractivity contribution < 1.29 is 48.1 Å². The lowest BCUT2D eigenvalue weighted by molar-refractivity contribution is -0.144. The first-order chi connectivity index (χ1) is 14.4. The first kappa shape index (κ1) is 24.5. The molecule has 0 aromatic heterocycles. The van der Waals surface area contributed by atoms with Crippen LogP contribution in [0.25, 0.3) is 10.8 Å². The minimum Gasteiger partial charge on any atom is -0.461 e. The summed E-state index contributed by atoms with van der Waals surface area (Å²) in [6.45, 7) is 2.33. The van der Waals surface area contributed by atoms with Gasteiger partial charge in [-0.2, -0.15) is 0 Å². The predicted octanol–water partition coefficient (Wildman–Crippen LogP) is 2.20. The number of rotatable bonds is 8. The number of hydrogen-bond acceptors (Lipinski definition) is 8. The van der Waals surface area contributed by atoms with Gasteiger partial charge in [0, 0.05) is 43.0 Å². The van der Waals surface area contributed by atoms with E-state index in [2.05, 4.69) is 0 Å². The molecule has 0 saturated carbocycles. The Labute approximate surface area is 177 Å². The largest absolute Gasteiger partial charge is 0.461 e. The molecule has 2 aromatic rings. The van der Waals surface area contributed by atoms with Gasteiger partial charge in [0.2, 0.25) is 0 Å². The molecule has 0 saturated heterocycles. The van der Waals surface area contributed by atoms with Crippen molar-refractivity contribution in [2.75, 3.05) is 0 Å². The third-order valence-corrected chi connectivity index (χ3v) is 5.32. The molecule has 2 aromatic carbocycles. The van der Waals surface area contributed by atoms with E-state index >= 15 is 0 Å². The van der Waals surface area contributed by atoms with Crippen molar-refractivity contribution in [2.24, 2.45) is 0 Å². The predicted molar refractivity (Wildman–Crippen MR) is 107 cm³/mol. The zero-order valence-corrected chi connectivity index (χ0v) is 18.0. The summed E-state index contributed by atoms with van der Waals surface area (Å²) in [5.41, 5.74) is 0.223. The number of esters is 3. The topological polar surface area (TPSA) is 157 Å². The molecule has 11 heteroatoms. The lowest BCUT2D eigenvalue weighted by atomic mass is 9.89. The van der Waals surface area contributed by atoms with Crippen LogP contribution >= 0.6 is 7.60 Å². The van der Waals surface area contributed by atoms with Crippen LogP contribution in [0.15, 0.2) is 24.3 Å². The molecule has 0 aliphatic carbocycles. The van der Waals surface area contributed by atoms with E-state index in [-0.39, 0.29) is 23.3 Å². The molecule has 0 radical (unpaired) electrons. The summed E-state index contributed by atoms with van der Waals surface area (Å²) in [4.78, 5) is 53.6. The quantitative estimate of drug-likeness (QED) is 0.307. The summed E-state index contributed by atoms with van der Waals surface area (Å²) in [5.74, 6) is -4.23. The summed E-state index contributed by atoms with van der Waals surface area (Å²) in [6.07, 6.45) is 0. The van der Waals surface area contributed by atoms with Gasteiger partial charge in [-0.1, -0.05) is 24.3 Å². The molecule has 2 rings (SSSR count). The number of carbonyl (C=O) groups excluding carboxylic acids is 3. The molecule has 0 fully saturated rings. The molecule has 1 atom stereocenters. The first-order valence-electron chi connectivity index (χ1n) is 9.12. The highest BCUT2D eigenvalue weighted by Gasteiger charge is 2.35. The van der Waals surface area contributed by atoms with E-state index < -0.39 is 44.6 Å². The highest BCUT2D eigenvalue weighted by Crippen LogP contribution is 2.53. The van der Waals surface area contributed by atoms with Crippen LogP contribution in [0.5, 0.6) is 0 Å². The second kappa shape index (κ2) is 10.0. The zero-order chi connectivity index (χ0) is 23.3. The maximum Gasteiger partial charge on any atom is 0.358 e. The van der Waals surface area contributed by atoms with Gasteiger partial charge < -0.3 is 29.1 Å². The second-order valence-electron chi connectivity index (χ2n) is 6.70. The van der Waals surface area contributed by atoms with Crippen LogP contribution in [0.4, 0.5) is 0 Å². The second-order valence-corrected chi connectivity index (χ2v) is 8.37. The molecule has 10 nitrogen and oxygen atoms in total. The van der Waals surface area contributed by atoms with Gasteiger partial charge in [0.25, 0.3) is 0 Å². The van der Waals surface area contributed by atoms with E-state index in [0.717, 1.165) is 13.8 Å². The van der Waals surface area contributed by atoms with Crippen LogP contribution in [0.1, 0.15) is 48.9 Å². The van der Waals surface area contributed by atoms with Crippen molar-refractivity contribution in [1.82, 2.24) is 0 Å². The fourth-order valence-corrected chi connectivity index (χ4v) is 3.80. The Hall–Kier alpha value is -2.78. The Bertz CT molecular complexity index is 1060. The number of benzene rings is 2. The van der Waals surface area contributed by atoms with Crippen LogP contribution in [-0.4, -0.2) is 32.8 Å². The highest BCUT2D eigenvalue weighted by molar-refractivity contribution is 7.51. The van der Waals surface area contributed by atoms with Crippen molar-refractivity contribution in [2.45, 2.75) is 46.4 Å². The Morgan fingerprint density at radius 1 is 0.806 bits per heavy atom. The van der Waals surface area contributed by atoms with Crippen LogP contribution in [0, 0.1) is 0 Å². The van der Waals surface area contributed by atoms with E-state index in [1.807, 2.05) is 0 Å². The summed E-state index contributed by atoms with van der Waals surface area (Å²) in [7, 11) is -5.10. The van der Waals surface area contributed by atoms with Crippen LogP contribution in [0.2, 0.25) is 0 Å². The fourth-order valence-electron chi connectivity index (χ4n) is 3.15. The van der Waals surface area contributed by atoms with Gasteiger partial charge in [-0.15, -0.1) is 0 Å². The minimum absolute atomic E-state index is 0.0492. The molecule has 0 amide bonds. The van der Waals surface area contributed by atoms with Gasteiger partial charge in [-0.25, -0.2) is 0 Å². The van der Waals surface area contributed by atoms with Crippen molar-refractivity contribution in [3.05, 3.63) is 46.5 Å². The van der Waals surface area contributed by atoms with Crippen molar-refractivity contribution in [3.8, 4) is 0 Å². The van der Waals surface area contributed by atoms with Crippen molar-refractivity contribution in [1.29, 1.82) is 0 Å². The molecule has 0 bridgehead atoms. The molecular weight excluding hydrogens is 431 g/mol. The van der Waals surface area contributed by atoms with E-state index in [9.17, 15) is 33.8 Å². The third-order valence-electron chi connectivity index (χ3n) is 4.43. The number of fused-ring (bicyclic) bond motifs is 1. The fraction of sp³-hybridized carbons (Fsp3) is 0.350. The highest BCUT2D eigenvalue weighted by atomic mass is 31.2. The Kier molecular flexibility index (Phi) is 7.91. The normalized spacial score (nSPS) is 12.3. The number of hydrogen-bond donors (Lipinski definition) is 3. The molecule has 0 aliphatic rings. The summed E-state index contributed by atoms with van der Waals surface area (Å²) in [6, 6.07) is 6.60. The maximum absolute atomic E-state index is 12.0. The van der Waals surface area contributed by atoms with Crippen LogP contribution in [-0.2, 0) is 53.0 Å². The monoisotopic (exact) mass is 454 g/mol. The van der Waals surface area contributed by atoms with Gasteiger partial charge in [0.05, 0.1) is 0 Å². The van der Waals surface area contributed by atoms with Gasteiger partial charge in [0.1, 0.15) is 19.8 Å². The van der Waals surface area contributed by atoms with Crippen molar-refractivity contribution >= 4 is 36.3 Å². The molecule has 168 valence electrons. The standard InChI is InChI=1S/C20H23O10P/c1-11(21)28-8-16-14-6-4-5-7-15(14)17(9-29-12(2)22)19(20(24)31(25,26)27)18(16)10-30-13(3)23/h4-7,20,24H,8-10H2,1-3H3,(H2,25,26,27). The van der Waals surface area contributed by atoms with E-state index in [0.29, 0.717) is 16.3 Å². The number of aliphatic hydroxyl groups excluding tert-OH is 1. The van der Waals surface area contributed by atoms with E-state index in [1.165, 1.54) is 6.92 Å².